The molecule has 6 aliphatic heterocycles. The molecule has 6 fully saturated rings. The van der Waals surface area contributed by atoms with E-state index < -0.39 is 178 Å². The monoisotopic (exact) mass is 1220 g/mol. The van der Waals surface area contributed by atoms with Gasteiger partial charge in [-0.1, -0.05) is 123 Å². The van der Waals surface area contributed by atoms with Crippen LogP contribution in [0.5, 0.6) is 0 Å². The summed E-state index contributed by atoms with van der Waals surface area (Å²) in [6, 6.07) is 0. The van der Waals surface area contributed by atoms with E-state index in [2.05, 4.69) is 13.8 Å². The van der Waals surface area contributed by atoms with Gasteiger partial charge < -0.3 is 108 Å². The lowest BCUT2D eigenvalue weighted by Crippen LogP contribution is -2.67. The van der Waals surface area contributed by atoms with Crippen molar-refractivity contribution < 1.29 is 122 Å². The number of hydrogen-bond donors (Lipinski definition) is 9. The second-order valence-corrected chi connectivity index (χ2v) is 24.2. The van der Waals surface area contributed by atoms with Crippen molar-refractivity contribution in [1.29, 1.82) is 0 Å². The molecule has 0 amide bonds. The van der Waals surface area contributed by atoms with Gasteiger partial charge in [-0.15, -0.1) is 0 Å². The van der Waals surface area contributed by atoms with Crippen molar-refractivity contribution in [3.05, 3.63) is 0 Å². The Bertz CT molecular complexity index is 1940. The molecule has 6 saturated heterocycles. The normalized spacial score (nSPS) is 42.0. The first-order valence-corrected chi connectivity index (χ1v) is 31.8. The van der Waals surface area contributed by atoms with E-state index in [-0.39, 0.29) is 18.9 Å². The van der Waals surface area contributed by atoms with E-state index in [4.69, 9.17) is 61.6 Å². The number of ether oxygens (including phenoxy) is 13. The van der Waals surface area contributed by atoms with Crippen LogP contribution in [0, 0.1) is 0 Å². The van der Waals surface area contributed by atoms with Gasteiger partial charge in [-0.3, -0.25) is 14.4 Å². The summed E-state index contributed by atoms with van der Waals surface area (Å²) in [6.45, 7) is 10.7. The minimum Gasteiger partial charge on any atom is -0.457 e. The van der Waals surface area contributed by atoms with Crippen molar-refractivity contribution in [2.24, 2.45) is 0 Å². The van der Waals surface area contributed by atoms with Gasteiger partial charge >= 0.3 is 17.9 Å². The zero-order valence-corrected chi connectivity index (χ0v) is 51.0. The molecule has 0 spiro atoms. The summed E-state index contributed by atoms with van der Waals surface area (Å²) in [5.74, 6) is -2.23. The van der Waals surface area contributed by atoms with Crippen LogP contribution in [0.4, 0.5) is 0 Å². The summed E-state index contributed by atoms with van der Waals surface area (Å²) in [5.41, 5.74) is 0. The van der Waals surface area contributed by atoms with Gasteiger partial charge in [-0.05, 0) is 53.4 Å². The maximum absolute atomic E-state index is 13.9. The molecule has 9 N–H and O–H groups in total. The average molecular weight is 1230 g/mol. The molecule has 25 heteroatoms. The van der Waals surface area contributed by atoms with Crippen molar-refractivity contribution in [2.45, 2.75) is 356 Å². The van der Waals surface area contributed by atoms with Crippen LogP contribution >= 0.6 is 0 Å². The molecular weight excluding hydrogens is 1120 g/mol. The highest BCUT2D eigenvalue weighted by atomic mass is 16.8. The van der Waals surface area contributed by atoms with Gasteiger partial charge in [0.05, 0.1) is 37.1 Å². The highest BCUT2D eigenvalue weighted by molar-refractivity contribution is 5.70. The number of aliphatic hydroxyl groups excluding tert-OH is 9. The SMILES string of the molecule is CCCCCCCCCCCC(=O)O[C@H]1[C@H](O[C@@H]2[C@@H](O)[C@H]3OC(=O)CCCCCCCCC[C@H](CCCCC)O[C@@H]4O[C@H](C)[C@@H](O)[C@H](O)[C@H]4O[C@@H]3O[C@H]2C)O[C@@H](C)[C@H](O[C@@H]2O[C@@H](C)[C@H](OC(C)=O)[C@@H](O)[C@H]2O[C@@H]2O[C@H](CO)[C@H](O)[C@H](O)[C@H]2O)[C@H]1O. The Kier molecular flexibility index (Phi) is 30.3. The Morgan fingerprint density at radius 1 is 0.471 bits per heavy atom. The van der Waals surface area contributed by atoms with E-state index >= 15 is 0 Å². The fourth-order valence-electron chi connectivity index (χ4n) is 12.1. The first kappa shape index (κ1) is 71.7. The number of fused-ring (bicyclic) bond motifs is 2. The molecule has 0 unspecified atom stereocenters. The first-order valence-electron chi connectivity index (χ1n) is 31.8. The largest absolute Gasteiger partial charge is 0.457 e. The summed E-state index contributed by atoms with van der Waals surface area (Å²) in [4.78, 5) is 39.9. The molecule has 0 aromatic carbocycles. The molecule has 0 radical (unpaired) electrons. The maximum atomic E-state index is 13.9. The highest BCUT2D eigenvalue weighted by Gasteiger charge is 2.58. The predicted octanol–water partition coefficient (Wildman–Crippen LogP) is 3.28. The lowest BCUT2D eigenvalue weighted by Gasteiger charge is -2.50. The molecule has 25 nitrogen and oxygen atoms in total. The summed E-state index contributed by atoms with van der Waals surface area (Å²) in [5, 5.41) is 102. The van der Waals surface area contributed by atoms with Gasteiger partial charge in [0, 0.05) is 19.8 Å². The molecule has 85 heavy (non-hydrogen) atoms. The van der Waals surface area contributed by atoms with E-state index in [0.717, 1.165) is 122 Å². The van der Waals surface area contributed by atoms with Crippen LogP contribution in [-0.2, 0) is 76.0 Å². The molecule has 0 saturated carbocycles. The number of aliphatic hydroxyl groups is 9. The van der Waals surface area contributed by atoms with E-state index in [1.165, 1.54) is 27.2 Å². The number of unbranched alkanes of at least 4 members (excludes halogenated alkanes) is 10. The topological polar surface area (TPSA) is 353 Å². The standard InChI is InChI=1S/C60H104O25/c1-8-10-12-13-14-15-18-21-25-29-39(63)80-53-47(71)51(83-60-55(46(70)49(33(4)74-60)77-36(7)62)84-56-45(69)43(67)42(66)38(31-61)79-56)34(5)75-58(53)82-50-35(6)76-59-54(48(50)72)81-40(64)30-26-22-19-16-17-20-24-28-37(27-23-11-9-2)78-57-52(85-59)44(68)41(65)32(3)73-57/h32-35,37-38,41-61,65-72H,8-31H2,1-7H3/t32-,33+,34+,35+,37+,38-,41-,42+,43+,44+,45-,46-,47-,48-,49+,50+,51+,52-,53-,54-,55-,56+,57+,58+,59+,60+/m1/s1. The number of hydrogen-bond acceptors (Lipinski definition) is 25. The molecule has 0 bridgehead atoms. The van der Waals surface area contributed by atoms with Gasteiger partial charge in [0.25, 0.3) is 0 Å². The van der Waals surface area contributed by atoms with Crippen LogP contribution in [0.25, 0.3) is 0 Å². The third kappa shape index (κ3) is 20.3. The summed E-state index contributed by atoms with van der Waals surface area (Å²) in [7, 11) is 0. The zero-order valence-electron chi connectivity index (χ0n) is 51.0. The fourth-order valence-corrected chi connectivity index (χ4v) is 12.1. The molecular formula is C60H104O25. The van der Waals surface area contributed by atoms with Gasteiger partial charge in [-0.25, -0.2) is 0 Å². The third-order valence-corrected chi connectivity index (χ3v) is 17.2. The molecule has 0 aromatic heterocycles. The van der Waals surface area contributed by atoms with Gasteiger partial charge in [0.1, 0.15) is 79.4 Å². The summed E-state index contributed by atoms with van der Waals surface area (Å²) < 4.78 is 80.4. The van der Waals surface area contributed by atoms with Gasteiger partial charge in [0.2, 0.25) is 0 Å². The molecule has 26 atom stereocenters. The van der Waals surface area contributed by atoms with Crippen LogP contribution in [-0.4, -0.2) is 230 Å². The second-order valence-electron chi connectivity index (χ2n) is 24.2. The van der Waals surface area contributed by atoms with E-state index in [1.807, 2.05) is 0 Å². The third-order valence-electron chi connectivity index (χ3n) is 17.2. The fraction of sp³-hybridized carbons (Fsp3) is 0.950. The molecule has 0 aliphatic carbocycles. The summed E-state index contributed by atoms with van der Waals surface area (Å²) >= 11 is 0. The summed E-state index contributed by atoms with van der Waals surface area (Å²) in [6.07, 6.45) is -20.2. The van der Waals surface area contributed by atoms with E-state index in [9.17, 15) is 60.3 Å². The Balaban J connectivity index is 1.27. The smallest absolute Gasteiger partial charge is 0.306 e. The molecule has 0 aromatic rings. The Morgan fingerprint density at radius 3 is 1.65 bits per heavy atom. The van der Waals surface area contributed by atoms with Crippen molar-refractivity contribution in [3.63, 3.8) is 0 Å². The van der Waals surface area contributed by atoms with Gasteiger partial charge in [-0.2, -0.15) is 0 Å². The van der Waals surface area contributed by atoms with Crippen molar-refractivity contribution in [2.75, 3.05) is 6.61 Å². The van der Waals surface area contributed by atoms with Crippen molar-refractivity contribution >= 4 is 17.9 Å². The molecule has 6 heterocycles. The van der Waals surface area contributed by atoms with Crippen molar-refractivity contribution in [1.82, 2.24) is 0 Å². The van der Waals surface area contributed by atoms with Crippen LogP contribution in [0.1, 0.15) is 196 Å². The van der Waals surface area contributed by atoms with Crippen molar-refractivity contribution in [3.8, 4) is 0 Å². The predicted molar refractivity (Wildman–Crippen MR) is 298 cm³/mol. The zero-order chi connectivity index (χ0) is 61.9. The van der Waals surface area contributed by atoms with E-state index in [0.29, 0.717) is 12.8 Å². The Morgan fingerprint density at radius 2 is 1.00 bits per heavy atom. The highest BCUT2D eigenvalue weighted by Crippen LogP contribution is 2.39. The van der Waals surface area contributed by atoms with Gasteiger partial charge in [0.15, 0.2) is 49.8 Å². The lowest BCUT2D eigenvalue weighted by molar-refractivity contribution is -0.395. The molecule has 6 rings (SSSR count). The van der Waals surface area contributed by atoms with Crippen LogP contribution in [0.2, 0.25) is 0 Å². The number of carbonyl (C=O) groups is 3. The minimum atomic E-state index is -1.95. The number of rotatable bonds is 23. The molecule has 494 valence electrons. The van der Waals surface area contributed by atoms with E-state index in [1.54, 1.807) is 6.92 Å². The number of esters is 3. The Hall–Kier alpha value is -2.35. The minimum absolute atomic E-state index is 0.0132. The Labute approximate surface area is 500 Å². The molecule has 6 aliphatic rings. The first-order chi connectivity index (χ1) is 40.7. The van der Waals surface area contributed by atoms with Crippen LogP contribution < -0.4 is 0 Å². The quantitative estimate of drug-likeness (QED) is 0.0403. The second kappa shape index (κ2) is 35.9. The van der Waals surface area contributed by atoms with Crippen LogP contribution in [0.3, 0.4) is 0 Å². The lowest BCUT2D eigenvalue weighted by atomic mass is 9.95. The maximum Gasteiger partial charge on any atom is 0.306 e. The average Bonchev–Trinajstić information content (AvgIpc) is 2.63. The number of carbonyl (C=O) groups excluding carboxylic acids is 3. The van der Waals surface area contributed by atoms with Crippen LogP contribution in [0.15, 0.2) is 0 Å².